The van der Waals surface area contributed by atoms with Crippen LogP contribution in [0.25, 0.3) is 10.8 Å². The van der Waals surface area contributed by atoms with Gasteiger partial charge in [0.15, 0.2) is 9.84 Å². The SMILES string of the molecule is C=CC(=O)N1CCN(c2nc(OCCCN3CCS(=O)(=O)CC3)nc3c2CCN(c2cc(OC(=O)C(F)(F)F)cc4ccccc24)C3)CC1. The Balaban J connectivity index is 1.25. The normalized spacial score (nSPS) is 18.2. The minimum atomic E-state index is -5.14. The average molecular weight is 703 g/mol. The molecule has 0 N–H and O–H groups in total. The highest BCUT2D eigenvalue weighted by Crippen LogP contribution is 2.37. The molecule has 3 aromatic rings. The van der Waals surface area contributed by atoms with Gasteiger partial charge in [0, 0.05) is 75.1 Å². The molecule has 6 rings (SSSR count). The molecule has 0 saturated carbocycles. The van der Waals surface area contributed by atoms with Crippen LogP contribution in [0.4, 0.5) is 24.7 Å². The van der Waals surface area contributed by atoms with Gasteiger partial charge in [0.25, 0.3) is 0 Å². The van der Waals surface area contributed by atoms with E-state index in [-0.39, 0.29) is 29.2 Å². The van der Waals surface area contributed by atoms with Gasteiger partial charge in [0.05, 0.1) is 30.4 Å². The Morgan fingerprint density at radius 2 is 1.69 bits per heavy atom. The topological polar surface area (TPSA) is 125 Å². The molecule has 0 unspecified atom stereocenters. The van der Waals surface area contributed by atoms with Gasteiger partial charge in [-0.05, 0) is 30.4 Å². The highest BCUT2D eigenvalue weighted by molar-refractivity contribution is 7.91. The first-order chi connectivity index (χ1) is 23.4. The summed E-state index contributed by atoms with van der Waals surface area (Å²) in [5.41, 5.74) is 2.21. The van der Waals surface area contributed by atoms with Crippen molar-refractivity contribution in [2.24, 2.45) is 0 Å². The first-order valence-corrected chi connectivity index (χ1v) is 17.9. The lowest BCUT2D eigenvalue weighted by Gasteiger charge is -2.38. The maximum atomic E-state index is 13.0. The van der Waals surface area contributed by atoms with Crippen LogP contribution in [-0.2, 0) is 32.4 Å². The molecule has 0 radical (unpaired) electrons. The Bertz CT molecular complexity index is 1830. The second-order valence-corrected chi connectivity index (χ2v) is 14.5. The van der Waals surface area contributed by atoms with Crippen LogP contribution < -0.4 is 19.3 Å². The summed E-state index contributed by atoms with van der Waals surface area (Å²) in [4.78, 5) is 41.4. The summed E-state index contributed by atoms with van der Waals surface area (Å²) in [6.45, 7) is 8.40. The molecule has 49 heavy (non-hydrogen) atoms. The molecule has 16 heteroatoms. The quantitative estimate of drug-likeness (QED) is 0.142. The lowest BCUT2D eigenvalue weighted by Crippen LogP contribution is -2.49. The minimum absolute atomic E-state index is 0.134. The summed E-state index contributed by atoms with van der Waals surface area (Å²) in [6.07, 6.45) is -2.68. The van der Waals surface area contributed by atoms with Crippen LogP contribution in [0.2, 0.25) is 0 Å². The van der Waals surface area contributed by atoms with Crippen LogP contribution in [0, 0.1) is 0 Å². The van der Waals surface area contributed by atoms with Gasteiger partial charge in [-0.1, -0.05) is 30.8 Å². The molecule has 3 aliphatic heterocycles. The maximum Gasteiger partial charge on any atom is 0.491 e. The number of halogens is 3. The predicted molar refractivity (Wildman–Crippen MR) is 177 cm³/mol. The van der Waals surface area contributed by atoms with Crippen LogP contribution in [0.1, 0.15) is 17.7 Å². The summed E-state index contributed by atoms with van der Waals surface area (Å²) >= 11 is 0. The number of sulfone groups is 1. The number of amides is 1. The molecule has 2 fully saturated rings. The zero-order valence-corrected chi connectivity index (χ0v) is 27.6. The van der Waals surface area contributed by atoms with E-state index in [0.717, 1.165) is 10.9 Å². The van der Waals surface area contributed by atoms with Crippen molar-refractivity contribution < 1.29 is 40.7 Å². The van der Waals surface area contributed by atoms with Gasteiger partial charge in [-0.25, -0.2) is 13.2 Å². The molecule has 2 aromatic carbocycles. The molecular weight excluding hydrogens is 665 g/mol. The number of fused-ring (bicyclic) bond motifs is 2. The smallest absolute Gasteiger partial charge is 0.463 e. The van der Waals surface area contributed by atoms with Crippen molar-refractivity contribution in [2.75, 3.05) is 80.3 Å². The minimum Gasteiger partial charge on any atom is -0.463 e. The first-order valence-electron chi connectivity index (χ1n) is 16.1. The van der Waals surface area contributed by atoms with Crippen molar-refractivity contribution in [1.29, 1.82) is 0 Å². The van der Waals surface area contributed by atoms with E-state index < -0.39 is 22.0 Å². The molecular formula is C33H37F3N6O6S. The number of piperazine rings is 1. The third-order valence-corrected chi connectivity index (χ3v) is 10.6. The number of ether oxygens (including phenoxy) is 2. The fourth-order valence-electron chi connectivity index (χ4n) is 6.36. The monoisotopic (exact) mass is 702 g/mol. The Morgan fingerprint density at radius 1 is 0.959 bits per heavy atom. The summed E-state index contributed by atoms with van der Waals surface area (Å²) in [7, 11) is -2.97. The van der Waals surface area contributed by atoms with Crippen LogP contribution >= 0.6 is 0 Å². The van der Waals surface area contributed by atoms with Crippen molar-refractivity contribution in [2.45, 2.75) is 25.6 Å². The summed E-state index contributed by atoms with van der Waals surface area (Å²) < 4.78 is 73.5. The van der Waals surface area contributed by atoms with E-state index in [1.807, 2.05) is 17.0 Å². The van der Waals surface area contributed by atoms with E-state index in [1.54, 1.807) is 17.0 Å². The van der Waals surface area contributed by atoms with E-state index in [2.05, 4.69) is 16.4 Å². The Kier molecular flexibility index (Phi) is 9.97. The average Bonchev–Trinajstić information content (AvgIpc) is 3.09. The summed E-state index contributed by atoms with van der Waals surface area (Å²) in [5.74, 6) is -1.63. The number of alkyl halides is 3. The molecule has 0 spiro atoms. The summed E-state index contributed by atoms with van der Waals surface area (Å²) in [5, 5.41) is 1.39. The number of anilines is 2. The summed E-state index contributed by atoms with van der Waals surface area (Å²) in [6, 6.07) is 10.2. The fourth-order valence-corrected chi connectivity index (χ4v) is 7.64. The number of aromatic nitrogens is 2. The van der Waals surface area contributed by atoms with Crippen molar-refractivity contribution >= 4 is 44.0 Å². The van der Waals surface area contributed by atoms with Crippen LogP contribution in [-0.4, -0.2) is 117 Å². The molecule has 3 aliphatic rings. The number of esters is 1. The Labute approximate surface area is 282 Å². The molecule has 0 atom stereocenters. The van der Waals surface area contributed by atoms with Crippen LogP contribution in [0.3, 0.4) is 0 Å². The molecule has 1 amide bonds. The fraction of sp³-hybridized carbons (Fsp3) is 0.455. The second kappa shape index (κ2) is 14.2. The van der Waals surface area contributed by atoms with Gasteiger partial charge in [-0.15, -0.1) is 0 Å². The van der Waals surface area contributed by atoms with E-state index >= 15 is 0 Å². The number of carbonyl (C=O) groups is 2. The first kappa shape index (κ1) is 34.4. The van der Waals surface area contributed by atoms with Crippen LogP contribution in [0.15, 0.2) is 49.1 Å². The predicted octanol–water partition coefficient (Wildman–Crippen LogP) is 2.99. The number of hydrogen-bond donors (Lipinski definition) is 0. The zero-order valence-electron chi connectivity index (χ0n) is 26.8. The third kappa shape index (κ3) is 8.07. The lowest BCUT2D eigenvalue weighted by atomic mass is 10.0. The van der Waals surface area contributed by atoms with Crippen molar-refractivity contribution in [3.63, 3.8) is 0 Å². The highest BCUT2D eigenvalue weighted by Gasteiger charge is 2.41. The molecule has 12 nitrogen and oxygen atoms in total. The van der Waals surface area contributed by atoms with E-state index in [0.29, 0.717) is 101 Å². The van der Waals surface area contributed by atoms with E-state index in [9.17, 15) is 31.2 Å². The lowest BCUT2D eigenvalue weighted by molar-refractivity contribution is -0.189. The second-order valence-electron chi connectivity index (χ2n) is 12.2. The number of carbonyl (C=O) groups excluding carboxylic acids is 2. The highest BCUT2D eigenvalue weighted by atomic mass is 32.2. The Hall–Kier alpha value is -4.44. The van der Waals surface area contributed by atoms with Gasteiger partial charge >= 0.3 is 18.2 Å². The maximum absolute atomic E-state index is 13.0. The van der Waals surface area contributed by atoms with Crippen molar-refractivity contribution in [3.8, 4) is 11.8 Å². The molecule has 262 valence electrons. The largest absolute Gasteiger partial charge is 0.491 e. The number of benzene rings is 2. The van der Waals surface area contributed by atoms with Gasteiger partial charge in [0.1, 0.15) is 11.6 Å². The third-order valence-electron chi connectivity index (χ3n) is 8.97. The molecule has 0 bridgehead atoms. The van der Waals surface area contributed by atoms with Crippen molar-refractivity contribution in [3.05, 3.63) is 60.3 Å². The van der Waals surface area contributed by atoms with Gasteiger partial charge in [-0.3, -0.25) is 4.79 Å². The van der Waals surface area contributed by atoms with Gasteiger partial charge in [-0.2, -0.15) is 23.1 Å². The van der Waals surface area contributed by atoms with E-state index in [1.165, 1.54) is 18.2 Å². The molecule has 4 heterocycles. The molecule has 1 aromatic heterocycles. The Morgan fingerprint density at radius 3 is 2.41 bits per heavy atom. The number of nitrogens with zero attached hydrogens (tertiary/aromatic N) is 6. The van der Waals surface area contributed by atoms with Crippen molar-refractivity contribution in [1.82, 2.24) is 19.8 Å². The number of hydrogen-bond acceptors (Lipinski definition) is 11. The van der Waals surface area contributed by atoms with Gasteiger partial charge < -0.3 is 29.1 Å². The molecule has 2 saturated heterocycles. The van der Waals surface area contributed by atoms with Gasteiger partial charge in [0.2, 0.25) is 5.91 Å². The van der Waals surface area contributed by atoms with Crippen LogP contribution in [0.5, 0.6) is 11.8 Å². The number of rotatable bonds is 9. The zero-order chi connectivity index (χ0) is 34.8. The molecule has 0 aliphatic carbocycles. The standard InChI is InChI=1S/C33H37F3N6O6S/c1-2-29(43)40-11-13-41(14-12-40)30-26-8-10-42(28-21-24(48-31(44)33(34,35)36)20-23-6-3-4-7-25(23)28)22-27(26)37-32(38-30)47-17-5-9-39-15-18-49(45,46)19-16-39/h2-4,6-7,20-21H,1,5,8-19,22H2. The van der Waals surface area contributed by atoms with E-state index in [4.69, 9.17) is 19.4 Å².